The second kappa shape index (κ2) is 7.40. The summed E-state index contributed by atoms with van der Waals surface area (Å²) in [6.07, 6.45) is 2.91. The lowest BCUT2D eigenvalue weighted by atomic mass is 10.1. The molecular weight excluding hydrogens is 314 g/mol. The minimum Gasteiger partial charge on any atom is -0.370 e. The molecule has 1 aromatic carbocycles. The maximum absolute atomic E-state index is 12.5. The molecule has 128 valence electrons. The second-order valence-electron chi connectivity index (χ2n) is 5.35. The number of carbonyl (C=O) groups is 1. The van der Waals surface area contributed by atoms with Crippen LogP contribution in [0, 0.1) is 10.1 Å². The molecule has 1 aromatic rings. The van der Waals surface area contributed by atoms with Gasteiger partial charge in [0, 0.05) is 30.8 Å². The average molecular weight is 333 g/mol. The summed E-state index contributed by atoms with van der Waals surface area (Å²) in [4.78, 5) is 32.2. The Morgan fingerprint density at radius 1 is 1.12 bits per heavy atom. The highest BCUT2D eigenvalue weighted by Gasteiger charge is 2.21. The van der Waals surface area contributed by atoms with E-state index in [0.717, 1.165) is 19.3 Å². The van der Waals surface area contributed by atoms with Crippen LogP contribution < -0.4 is 17.2 Å². The molecule has 0 aliphatic carbocycles. The van der Waals surface area contributed by atoms with Gasteiger partial charge in [0.2, 0.25) is 5.96 Å². The zero-order valence-electron chi connectivity index (χ0n) is 13.0. The van der Waals surface area contributed by atoms with Gasteiger partial charge in [-0.15, -0.1) is 0 Å². The van der Waals surface area contributed by atoms with E-state index >= 15 is 0 Å². The van der Waals surface area contributed by atoms with Gasteiger partial charge in [0.05, 0.1) is 10.6 Å². The molecule has 10 nitrogen and oxygen atoms in total. The second-order valence-corrected chi connectivity index (χ2v) is 5.35. The van der Waals surface area contributed by atoms with Gasteiger partial charge in [-0.25, -0.2) is 4.99 Å². The summed E-state index contributed by atoms with van der Waals surface area (Å²) in [5.41, 5.74) is 16.0. The Morgan fingerprint density at radius 3 is 2.38 bits per heavy atom. The number of nitro groups is 1. The zero-order chi connectivity index (χ0) is 17.7. The summed E-state index contributed by atoms with van der Waals surface area (Å²) in [5, 5.41) is 11.1. The van der Waals surface area contributed by atoms with Crippen molar-refractivity contribution in [3.8, 4) is 0 Å². The third-order valence-corrected chi connectivity index (χ3v) is 3.49. The van der Waals surface area contributed by atoms with Crippen molar-refractivity contribution in [3.05, 3.63) is 33.9 Å². The number of aliphatic imine (C=N–C) groups is 2. The van der Waals surface area contributed by atoms with Crippen molar-refractivity contribution < 1.29 is 9.72 Å². The molecule has 0 saturated carbocycles. The van der Waals surface area contributed by atoms with Crippen molar-refractivity contribution in [1.29, 1.82) is 0 Å². The van der Waals surface area contributed by atoms with E-state index in [1.54, 1.807) is 4.90 Å². The highest BCUT2D eigenvalue weighted by atomic mass is 16.6. The van der Waals surface area contributed by atoms with E-state index in [-0.39, 0.29) is 34.8 Å². The van der Waals surface area contributed by atoms with Crippen LogP contribution in [0.1, 0.15) is 29.6 Å². The van der Waals surface area contributed by atoms with Crippen LogP contribution in [0.25, 0.3) is 0 Å². The van der Waals surface area contributed by atoms with Gasteiger partial charge in [-0.05, 0) is 25.3 Å². The summed E-state index contributed by atoms with van der Waals surface area (Å²) in [6.45, 7) is 1.27. The largest absolute Gasteiger partial charge is 0.370 e. The number of guanidine groups is 2. The van der Waals surface area contributed by atoms with Gasteiger partial charge < -0.3 is 22.1 Å². The fourth-order valence-electron chi connectivity index (χ4n) is 2.46. The molecule has 10 heteroatoms. The molecule has 1 fully saturated rings. The Balaban J connectivity index is 2.39. The van der Waals surface area contributed by atoms with Gasteiger partial charge in [-0.3, -0.25) is 14.9 Å². The number of hydrogen-bond acceptors (Lipinski definition) is 4. The van der Waals surface area contributed by atoms with Crippen molar-refractivity contribution in [1.82, 2.24) is 4.90 Å². The number of carbonyl (C=O) groups excluding carboxylic acids is 1. The monoisotopic (exact) mass is 333 g/mol. The number of likely N-dealkylation sites (tertiary alicyclic amines) is 1. The molecule has 1 heterocycles. The van der Waals surface area contributed by atoms with Gasteiger partial charge in [0.15, 0.2) is 5.96 Å². The molecule has 0 bridgehead atoms. The number of nitrogens with two attached hydrogens (primary N) is 3. The van der Waals surface area contributed by atoms with E-state index in [0.29, 0.717) is 13.1 Å². The van der Waals surface area contributed by atoms with Crippen LogP contribution in [0.2, 0.25) is 0 Å². The number of non-ortho nitro benzene ring substituents is 1. The molecule has 24 heavy (non-hydrogen) atoms. The lowest BCUT2D eigenvalue weighted by Crippen LogP contribution is -2.35. The Morgan fingerprint density at radius 2 is 1.79 bits per heavy atom. The van der Waals surface area contributed by atoms with Crippen LogP contribution in [-0.4, -0.2) is 40.7 Å². The highest BCUT2D eigenvalue weighted by molar-refractivity contribution is 5.97. The van der Waals surface area contributed by atoms with Crippen LogP contribution in [0.5, 0.6) is 0 Å². The van der Waals surface area contributed by atoms with E-state index in [2.05, 4.69) is 9.98 Å². The summed E-state index contributed by atoms with van der Waals surface area (Å²) in [5.74, 6) is -0.812. The van der Waals surface area contributed by atoms with E-state index in [4.69, 9.17) is 17.2 Å². The maximum Gasteiger partial charge on any atom is 0.272 e. The van der Waals surface area contributed by atoms with Gasteiger partial charge >= 0.3 is 0 Å². The van der Waals surface area contributed by atoms with Crippen molar-refractivity contribution in [2.24, 2.45) is 27.2 Å². The summed E-state index contributed by atoms with van der Waals surface area (Å²) < 4.78 is 0. The molecule has 1 aliphatic heterocycles. The molecule has 0 atom stereocenters. The molecule has 0 spiro atoms. The van der Waals surface area contributed by atoms with E-state index in [1.165, 1.54) is 18.2 Å². The third-order valence-electron chi connectivity index (χ3n) is 3.49. The number of piperidine rings is 1. The van der Waals surface area contributed by atoms with Gasteiger partial charge in [-0.1, -0.05) is 0 Å². The lowest BCUT2D eigenvalue weighted by molar-refractivity contribution is -0.384. The Hall–Kier alpha value is -3.17. The molecule has 0 unspecified atom stereocenters. The SMILES string of the molecule is NC(N)=NC(N)=Nc1cc(C(=O)N2CCCCC2)cc([N+](=O)[O-])c1. The van der Waals surface area contributed by atoms with Crippen LogP contribution in [0.15, 0.2) is 28.2 Å². The summed E-state index contributed by atoms with van der Waals surface area (Å²) in [7, 11) is 0. The molecule has 0 aromatic heterocycles. The first-order valence-electron chi connectivity index (χ1n) is 7.39. The maximum atomic E-state index is 12.5. The van der Waals surface area contributed by atoms with Crippen LogP contribution in [-0.2, 0) is 0 Å². The third kappa shape index (κ3) is 4.41. The molecular formula is C14H19N7O3. The number of hydrogen-bond donors (Lipinski definition) is 3. The summed E-state index contributed by atoms with van der Waals surface area (Å²) in [6, 6.07) is 3.85. The predicted octanol–water partition coefficient (Wildman–Crippen LogP) is 0.441. The number of nitro benzene ring substituents is 1. The highest BCUT2D eigenvalue weighted by Crippen LogP contribution is 2.25. The minimum atomic E-state index is -0.594. The van der Waals surface area contributed by atoms with E-state index < -0.39 is 4.92 Å². The van der Waals surface area contributed by atoms with Crippen molar-refractivity contribution in [2.45, 2.75) is 19.3 Å². The van der Waals surface area contributed by atoms with E-state index in [9.17, 15) is 14.9 Å². The van der Waals surface area contributed by atoms with Crippen LogP contribution >= 0.6 is 0 Å². The fraction of sp³-hybridized carbons (Fsp3) is 0.357. The topological polar surface area (TPSA) is 166 Å². The molecule has 1 amide bonds. The van der Waals surface area contributed by atoms with Crippen molar-refractivity contribution in [2.75, 3.05) is 13.1 Å². The number of benzene rings is 1. The minimum absolute atomic E-state index is 0.132. The number of rotatable bonds is 3. The van der Waals surface area contributed by atoms with E-state index in [1.807, 2.05) is 0 Å². The van der Waals surface area contributed by atoms with Gasteiger partial charge in [0.1, 0.15) is 0 Å². The first-order valence-corrected chi connectivity index (χ1v) is 7.39. The summed E-state index contributed by atoms with van der Waals surface area (Å²) >= 11 is 0. The molecule has 1 saturated heterocycles. The van der Waals surface area contributed by atoms with Crippen LogP contribution in [0.3, 0.4) is 0 Å². The van der Waals surface area contributed by atoms with Crippen molar-refractivity contribution in [3.63, 3.8) is 0 Å². The van der Waals surface area contributed by atoms with Crippen LogP contribution in [0.4, 0.5) is 11.4 Å². The molecule has 2 rings (SSSR count). The number of amides is 1. The normalized spacial score (nSPS) is 15.0. The lowest BCUT2D eigenvalue weighted by Gasteiger charge is -2.26. The predicted molar refractivity (Wildman–Crippen MR) is 89.9 cm³/mol. The first kappa shape index (κ1) is 17.2. The van der Waals surface area contributed by atoms with Crippen molar-refractivity contribution >= 4 is 29.2 Å². The fourth-order valence-corrected chi connectivity index (χ4v) is 2.46. The smallest absolute Gasteiger partial charge is 0.272 e. The van der Waals surface area contributed by atoms with Gasteiger partial charge in [0.25, 0.3) is 11.6 Å². The van der Waals surface area contributed by atoms with Gasteiger partial charge in [-0.2, -0.15) is 4.99 Å². The first-order chi connectivity index (χ1) is 11.4. The Labute approximate surface area is 138 Å². The number of nitrogens with zero attached hydrogens (tertiary/aromatic N) is 4. The average Bonchev–Trinajstić information content (AvgIpc) is 2.53. The Bertz CT molecular complexity index is 704. The quantitative estimate of drug-likeness (QED) is 0.314. The molecule has 6 N–H and O–H groups in total. The molecule has 1 aliphatic rings. The Kier molecular flexibility index (Phi) is 5.30. The zero-order valence-corrected chi connectivity index (χ0v) is 13.0. The molecule has 0 radical (unpaired) electrons. The standard InChI is InChI=1S/C14H19N7O3/c15-13(16)19-14(17)18-10-6-9(7-11(8-10)21(23)24)12(22)20-4-2-1-3-5-20/h6-8H,1-5H2,(H6,15,16,17,18,19).